The van der Waals surface area contributed by atoms with Crippen LogP contribution in [0.5, 0.6) is 5.88 Å². The molecule has 1 N–H and O–H groups in total. The Morgan fingerprint density at radius 1 is 1.17 bits per heavy atom. The number of ether oxygens (including phenoxy) is 1. The molecule has 1 fully saturated rings. The molecule has 0 bridgehead atoms. The molecule has 1 atom stereocenters. The molecule has 7 heteroatoms. The van der Waals surface area contributed by atoms with Crippen LogP contribution in [0, 0.1) is 19.4 Å². The van der Waals surface area contributed by atoms with Crippen LogP contribution >= 0.6 is 0 Å². The van der Waals surface area contributed by atoms with Crippen molar-refractivity contribution in [2.45, 2.75) is 26.4 Å². The highest BCUT2D eigenvalue weighted by Gasteiger charge is 2.22. The number of imidazole rings is 1. The molecule has 2 aromatic heterocycles. The third-order valence-corrected chi connectivity index (χ3v) is 6.74. The van der Waals surface area contributed by atoms with Gasteiger partial charge in [-0.05, 0) is 56.1 Å². The number of aliphatic hydroxyl groups excluding tert-OH is 1. The summed E-state index contributed by atoms with van der Waals surface area (Å²) in [5.41, 5.74) is 6.69. The van der Waals surface area contributed by atoms with Crippen molar-refractivity contribution < 1.29 is 9.84 Å². The molecule has 0 spiro atoms. The van der Waals surface area contributed by atoms with Gasteiger partial charge < -0.3 is 14.7 Å². The second-order valence-corrected chi connectivity index (χ2v) is 9.27. The lowest BCUT2D eigenvalue weighted by atomic mass is 9.99. The fourth-order valence-electron chi connectivity index (χ4n) is 4.86. The number of fused-ring (bicyclic) bond motifs is 1. The van der Waals surface area contributed by atoms with Gasteiger partial charge in [-0.2, -0.15) is 0 Å². The van der Waals surface area contributed by atoms with Crippen molar-refractivity contribution >= 4 is 11.3 Å². The van der Waals surface area contributed by atoms with Crippen molar-refractivity contribution in [2.75, 3.05) is 26.7 Å². The van der Waals surface area contributed by atoms with Crippen LogP contribution in [0.2, 0.25) is 0 Å². The summed E-state index contributed by atoms with van der Waals surface area (Å²) in [6, 6.07) is 13.5. The van der Waals surface area contributed by atoms with Crippen LogP contribution in [0.1, 0.15) is 24.0 Å². The summed E-state index contributed by atoms with van der Waals surface area (Å²) in [6.45, 7) is 12.0. The van der Waals surface area contributed by atoms with Gasteiger partial charge in [0.05, 0.1) is 31.2 Å². The molecule has 35 heavy (non-hydrogen) atoms. The molecule has 0 unspecified atom stereocenters. The number of aryl methyl sites for hydroxylation is 1. The van der Waals surface area contributed by atoms with E-state index in [1.54, 1.807) is 6.20 Å². The first-order chi connectivity index (χ1) is 17.1. The van der Waals surface area contributed by atoms with Crippen LogP contribution in [0.25, 0.3) is 33.0 Å². The van der Waals surface area contributed by atoms with E-state index in [0.717, 1.165) is 53.2 Å². The molecule has 3 heterocycles. The molecular formula is C28H29N5O2. The highest BCUT2D eigenvalue weighted by molar-refractivity contribution is 5.82. The number of rotatable bonds is 6. The largest absolute Gasteiger partial charge is 0.475 e. The summed E-state index contributed by atoms with van der Waals surface area (Å²) in [7, 11) is 2.15. The summed E-state index contributed by atoms with van der Waals surface area (Å²) in [5, 5.41) is 9.65. The van der Waals surface area contributed by atoms with E-state index >= 15 is 0 Å². The van der Waals surface area contributed by atoms with Gasteiger partial charge in [-0.3, -0.25) is 4.40 Å². The zero-order valence-electron chi connectivity index (χ0n) is 20.1. The average molecular weight is 468 g/mol. The Morgan fingerprint density at radius 3 is 2.69 bits per heavy atom. The molecule has 7 nitrogen and oxygen atoms in total. The number of nitrogens with zero attached hydrogens (tertiary/aromatic N) is 5. The summed E-state index contributed by atoms with van der Waals surface area (Å²) in [4.78, 5) is 15.5. The van der Waals surface area contributed by atoms with Crippen LogP contribution in [0.3, 0.4) is 0 Å². The van der Waals surface area contributed by atoms with E-state index in [2.05, 4.69) is 27.8 Å². The smallest absolute Gasteiger partial charge is 0.259 e. The molecule has 178 valence electrons. The number of hydrogen-bond acceptors (Lipinski definition) is 5. The van der Waals surface area contributed by atoms with E-state index in [-0.39, 0.29) is 6.61 Å². The second-order valence-electron chi connectivity index (χ2n) is 9.27. The first kappa shape index (κ1) is 23.0. The Hall–Kier alpha value is -3.73. The van der Waals surface area contributed by atoms with Crippen LogP contribution in [-0.2, 0) is 6.61 Å². The Morgan fingerprint density at radius 2 is 1.97 bits per heavy atom. The highest BCUT2D eigenvalue weighted by atomic mass is 16.5. The summed E-state index contributed by atoms with van der Waals surface area (Å²) >= 11 is 0. The molecule has 1 aliphatic rings. The van der Waals surface area contributed by atoms with E-state index in [1.165, 1.54) is 6.42 Å². The quantitative estimate of drug-likeness (QED) is 0.398. The van der Waals surface area contributed by atoms with Crippen molar-refractivity contribution in [3.63, 3.8) is 0 Å². The Labute approximate surface area is 205 Å². The topological polar surface area (TPSA) is 67.2 Å². The van der Waals surface area contributed by atoms with Gasteiger partial charge in [0.15, 0.2) is 5.69 Å². The molecule has 0 radical (unpaired) electrons. The molecular weight excluding hydrogens is 438 g/mol. The highest BCUT2D eigenvalue weighted by Crippen LogP contribution is 2.36. The third-order valence-electron chi connectivity index (χ3n) is 6.74. The van der Waals surface area contributed by atoms with Crippen LogP contribution < -0.4 is 4.74 Å². The molecule has 2 aromatic carbocycles. The number of piperidine rings is 1. The maximum Gasteiger partial charge on any atom is 0.259 e. The molecule has 0 amide bonds. The maximum absolute atomic E-state index is 9.65. The first-order valence-corrected chi connectivity index (χ1v) is 11.9. The summed E-state index contributed by atoms with van der Waals surface area (Å²) in [5.74, 6) is 0.972. The number of aromatic nitrogens is 3. The Balaban J connectivity index is 1.63. The Bertz CT molecular complexity index is 1390. The van der Waals surface area contributed by atoms with Crippen LogP contribution in [0.15, 0.2) is 54.9 Å². The predicted octanol–water partition coefficient (Wildman–Crippen LogP) is 5.14. The van der Waals surface area contributed by atoms with Gasteiger partial charge in [0.1, 0.15) is 0 Å². The maximum atomic E-state index is 9.65. The second kappa shape index (κ2) is 9.87. The fourth-order valence-corrected chi connectivity index (χ4v) is 4.86. The van der Waals surface area contributed by atoms with Crippen LogP contribution in [-0.4, -0.2) is 51.1 Å². The average Bonchev–Trinajstić information content (AvgIpc) is 3.37. The van der Waals surface area contributed by atoms with Crippen LogP contribution in [0.4, 0.5) is 5.69 Å². The minimum Gasteiger partial charge on any atom is -0.475 e. The van der Waals surface area contributed by atoms with Gasteiger partial charge in [0.2, 0.25) is 5.65 Å². The lowest BCUT2D eigenvalue weighted by Crippen LogP contribution is -2.34. The number of likely N-dealkylation sites (tertiary alicyclic amines) is 1. The van der Waals surface area contributed by atoms with E-state index in [4.69, 9.17) is 16.3 Å². The van der Waals surface area contributed by atoms with Gasteiger partial charge in [-0.25, -0.2) is 14.8 Å². The van der Waals surface area contributed by atoms with Gasteiger partial charge in [0.25, 0.3) is 5.88 Å². The van der Waals surface area contributed by atoms with Crippen molar-refractivity contribution in [1.29, 1.82) is 0 Å². The van der Waals surface area contributed by atoms with Crippen molar-refractivity contribution in [1.82, 2.24) is 19.3 Å². The van der Waals surface area contributed by atoms with Gasteiger partial charge in [-0.1, -0.05) is 36.4 Å². The van der Waals surface area contributed by atoms with E-state index in [9.17, 15) is 5.11 Å². The van der Waals surface area contributed by atoms with Crippen molar-refractivity contribution in [3.05, 3.63) is 77.4 Å². The molecule has 0 saturated carbocycles. The summed E-state index contributed by atoms with van der Waals surface area (Å²) in [6.07, 6.45) is 6.02. The molecule has 0 aliphatic carbocycles. The predicted molar refractivity (Wildman–Crippen MR) is 136 cm³/mol. The zero-order valence-corrected chi connectivity index (χ0v) is 20.1. The minimum absolute atomic E-state index is 0.00107. The lowest BCUT2D eigenvalue weighted by Gasteiger charge is -2.29. The molecule has 5 rings (SSSR count). The number of benzene rings is 2. The summed E-state index contributed by atoms with van der Waals surface area (Å²) < 4.78 is 8.35. The lowest BCUT2D eigenvalue weighted by molar-refractivity contribution is 0.148. The first-order valence-electron chi connectivity index (χ1n) is 11.9. The van der Waals surface area contributed by atoms with Gasteiger partial charge in [-0.15, -0.1) is 0 Å². The number of aliphatic hydroxyl groups is 1. The standard InChI is InChI=1S/C28H29N5O2/c1-19-15-22(6-7-23(19)17-34)26-25(21-8-10-24(29-2)11-9-21)31-28(27-30-12-14-33(26)27)35-18-20-5-4-13-32(3)16-20/h6-12,14-15,20,34H,4-5,13,16-18H2,1,3H3/t20-/m1/s1. The minimum atomic E-state index is -0.00107. The van der Waals surface area contributed by atoms with Crippen molar-refractivity contribution in [3.8, 4) is 28.4 Å². The Kier molecular flexibility index (Phi) is 6.49. The fraction of sp³-hybridized carbons (Fsp3) is 0.321. The van der Waals surface area contributed by atoms with E-state index in [0.29, 0.717) is 29.7 Å². The molecule has 1 aliphatic heterocycles. The third kappa shape index (κ3) is 4.63. The van der Waals surface area contributed by atoms with Gasteiger partial charge >= 0.3 is 0 Å². The van der Waals surface area contributed by atoms with Crippen molar-refractivity contribution in [2.24, 2.45) is 5.92 Å². The molecule has 4 aromatic rings. The zero-order chi connectivity index (χ0) is 24.4. The number of hydrogen-bond donors (Lipinski definition) is 1. The molecule has 1 saturated heterocycles. The SMILES string of the molecule is [C-]#[N+]c1ccc(-c2nc(OC[C@@H]3CCCN(C)C3)c3nccn3c2-c2ccc(CO)c(C)c2)cc1. The van der Waals surface area contributed by atoms with E-state index in [1.807, 2.05) is 53.9 Å². The van der Waals surface area contributed by atoms with Gasteiger partial charge in [0, 0.05) is 30.4 Å². The van der Waals surface area contributed by atoms with E-state index < -0.39 is 0 Å². The normalized spacial score (nSPS) is 16.3. The monoisotopic (exact) mass is 467 g/mol.